The van der Waals surface area contributed by atoms with Gasteiger partial charge < -0.3 is 10.2 Å². The van der Waals surface area contributed by atoms with Crippen molar-refractivity contribution in [2.75, 3.05) is 13.1 Å². The third kappa shape index (κ3) is 4.60. The summed E-state index contributed by atoms with van der Waals surface area (Å²) >= 11 is 0. The van der Waals surface area contributed by atoms with Gasteiger partial charge in [0.05, 0.1) is 11.6 Å². The molecule has 5 rings (SSSR count). The zero-order valence-corrected chi connectivity index (χ0v) is 18.5. The fourth-order valence-electron chi connectivity index (χ4n) is 4.96. The van der Waals surface area contributed by atoms with Crippen molar-refractivity contribution in [2.24, 2.45) is 5.92 Å². The van der Waals surface area contributed by atoms with Crippen molar-refractivity contribution in [3.05, 3.63) is 59.4 Å². The van der Waals surface area contributed by atoms with Crippen LogP contribution in [-0.4, -0.2) is 44.8 Å². The summed E-state index contributed by atoms with van der Waals surface area (Å²) in [7, 11) is 0. The van der Waals surface area contributed by atoms with Crippen molar-refractivity contribution in [3.8, 4) is 0 Å². The topological polar surface area (TPSA) is 80.1 Å². The van der Waals surface area contributed by atoms with E-state index in [-0.39, 0.29) is 23.5 Å². The third-order valence-corrected chi connectivity index (χ3v) is 6.92. The molecule has 8 heteroatoms. The molecule has 0 unspecified atom stereocenters. The Morgan fingerprint density at radius 3 is 2.45 bits per heavy atom. The van der Waals surface area contributed by atoms with Gasteiger partial charge in [0, 0.05) is 31.1 Å². The van der Waals surface area contributed by atoms with Crippen molar-refractivity contribution in [3.63, 3.8) is 0 Å². The van der Waals surface area contributed by atoms with Gasteiger partial charge in [-0.15, -0.1) is 5.10 Å². The maximum atomic E-state index is 13.1. The number of hydrogen-bond donors (Lipinski definition) is 1. The third-order valence-electron chi connectivity index (χ3n) is 6.92. The Balaban J connectivity index is 1.16. The Bertz CT molecular complexity index is 1150. The minimum atomic E-state index is -0.292. The molecule has 1 aliphatic heterocycles. The molecule has 2 heterocycles. The zero-order valence-electron chi connectivity index (χ0n) is 18.5. The van der Waals surface area contributed by atoms with Crippen molar-refractivity contribution in [2.45, 2.75) is 51.1 Å². The smallest absolute Gasteiger partial charge is 0.253 e. The van der Waals surface area contributed by atoms with E-state index < -0.39 is 0 Å². The van der Waals surface area contributed by atoms with Gasteiger partial charge in [0.1, 0.15) is 11.3 Å². The van der Waals surface area contributed by atoms with Crippen LogP contribution >= 0.6 is 0 Å². The molecule has 1 aromatic heterocycles. The number of aromatic nitrogens is 3. The SMILES string of the molecule is O=C(NCc1ccc(F)cc1)C1CCN(C(=O)c2ccc3c(c2)nnn3C2CCCC2)CC1. The number of halogens is 1. The second-order valence-corrected chi connectivity index (χ2v) is 9.09. The van der Waals surface area contributed by atoms with E-state index in [1.54, 1.807) is 12.1 Å². The molecule has 0 spiro atoms. The summed E-state index contributed by atoms with van der Waals surface area (Å²) < 4.78 is 15.0. The predicted octanol–water partition coefficient (Wildman–Crippen LogP) is 3.85. The number of carbonyl (C=O) groups excluding carboxylic acids is 2. The normalized spacial score (nSPS) is 17.5. The van der Waals surface area contributed by atoms with Gasteiger partial charge in [0.15, 0.2) is 0 Å². The highest BCUT2D eigenvalue weighted by molar-refractivity contribution is 5.97. The number of piperidine rings is 1. The molecule has 2 aliphatic rings. The van der Waals surface area contributed by atoms with Gasteiger partial charge in [-0.3, -0.25) is 9.59 Å². The van der Waals surface area contributed by atoms with Crippen molar-refractivity contribution in [1.29, 1.82) is 0 Å². The first-order chi connectivity index (χ1) is 16.1. The molecule has 1 saturated heterocycles. The van der Waals surface area contributed by atoms with Crippen LogP contribution in [0.4, 0.5) is 4.39 Å². The number of nitrogens with one attached hydrogen (secondary N) is 1. The van der Waals surface area contributed by atoms with E-state index in [4.69, 9.17) is 0 Å². The van der Waals surface area contributed by atoms with Gasteiger partial charge in [0.25, 0.3) is 5.91 Å². The van der Waals surface area contributed by atoms with Crippen LogP contribution in [0.25, 0.3) is 11.0 Å². The zero-order chi connectivity index (χ0) is 22.8. The summed E-state index contributed by atoms with van der Waals surface area (Å²) in [6.45, 7) is 1.46. The van der Waals surface area contributed by atoms with E-state index in [1.807, 2.05) is 27.8 Å². The van der Waals surface area contributed by atoms with E-state index in [0.717, 1.165) is 29.4 Å². The van der Waals surface area contributed by atoms with Gasteiger partial charge in [-0.05, 0) is 61.6 Å². The standard InChI is InChI=1S/C25H28FN5O2/c26-20-8-5-17(6-9-20)16-27-24(32)18-11-13-30(14-12-18)25(33)19-7-10-23-22(15-19)28-29-31(23)21-3-1-2-4-21/h5-10,15,18,21H,1-4,11-14,16H2,(H,27,32). The molecule has 172 valence electrons. The predicted molar refractivity (Wildman–Crippen MR) is 122 cm³/mol. The highest BCUT2D eigenvalue weighted by atomic mass is 19.1. The first-order valence-electron chi connectivity index (χ1n) is 11.7. The summed E-state index contributed by atoms with van der Waals surface area (Å²) in [4.78, 5) is 27.4. The quantitative estimate of drug-likeness (QED) is 0.642. The first kappa shape index (κ1) is 21.6. The Morgan fingerprint density at radius 1 is 1.00 bits per heavy atom. The maximum Gasteiger partial charge on any atom is 0.253 e. The van der Waals surface area contributed by atoms with E-state index in [2.05, 4.69) is 15.6 Å². The molecule has 33 heavy (non-hydrogen) atoms. The van der Waals surface area contributed by atoms with Crippen LogP contribution < -0.4 is 5.32 Å². The van der Waals surface area contributed by atoms with Crippen LogP contribution in [0.3, 0.4) is 0 Å². The minimum Gasteiger partial charge on any atom is -0.352 e. The molecule has 2 amide bonds. The summed E-state index contributed by atoms with van der Waals surface area (Å²) in [5.41, 5.74) is 3.20. The molecule has 2 aromatic carbocycles. The number of fused-ring (bicyclic) bond motifs is 1. The Morgan fingerprint density at radius 2 is 1.73 bits per heavy atom. The molecule has 0 atom stereocenters. The van der Waals surface area contributed by atoms with Gasteiger partial charge in [-0.2, -0.15) is 0 Å². The molecule has 1 aliphatic carbocycles. The fourth-order valence-corrected chi connectivity index (χ4v) is 4.96. The molecule has 7 nitrogen and oxygen atoms in total. The maximum absolute atomic E-state index is 13.1. The van der Waals surface area contributed by atoms with E-state index in [9.17, 15) is 14.0 Å². The molecule has 2 fully saturated rings. The number of likely N-dealkylation sites (tertiary alicyclic amines) is 1. The average molecular weight is 450 g/mol. The first-order valence-corrected chi connectivity index (χ1v) is 11.7. The minimum absolute atomic E-state index is 0.0172. The van der Waals surface area contributed by atoms with Crippen LogP contribution in [0, 0.1) is 11.7 Å². The molecule has 0 bridgehead atoms. The van der Waals surface area contributed by atoms with Gasteiger partial charge >= 0.3 is 0 Å². The lowest BCUT2D eigenvalue weighted by Crippen LogP contribution is -2.42. The second-order valence-electron chi connectivity index (χ2n) is 9.09. The van der Waals surface area contributed by atoms with Gasteiger partial charge in [-0.25, -0.2) is 9.07 Å². The van der Waals surface area contributed by atoms with Crippen LogP contribution in [-0.2, 0) is 11.3 Å². The second kappa shape index (κ2) is 9.29. The highest BCUT2D eigenvalue weighted by Crippen LogP contribution is 2.31. The number of carbonyl (C=O) groups is 2. The monoisotopic (exact) mass is 449 g/mol. The number of benzene rings is 2. The molecular weight excluding hydrogens is 421 g/mol. The lowest BCUT2D eigenvalue weighted by molar-refractivity contribution is -0.126. The van der Waals surface area contributed by atoms with Crippen molar-refractivity contribution in [1.82, 2.24) is 25.2 Å². The van der Waals surface area contributed by atoms with Crippen LogP contribution in [0.1, 0.15) is 60.5 Å². The Kier molecular flexibility index (Phi) is 6.07. The molecule has 0 radical (unpaired) electrons. The number of amides is 2. The molecule has 3 aromatic rings. The van der Waals surface area contributed by atoms with Crippen LogP contribution in [0.15, 0.2) is 42.5 Å². The summed E-state index contributed by atoms with van der Waals surface area (Å²) in [5.74, 6) is -0.461. The van der Waals surface area contributed by atoms with Crippen molar-refractivity contribution < 1.29 is 14.0 Å². The highest BCUT2D eigenvalue weighted by Gasteiger charge is 2.28. The molecule has 1 N–H and O–H groups in total. The van der Waals surface area contributed by atoms with Crippen LogP contribution in [0.5, 0.6) is 0 Å². The average Bonchev–Trinajstić information content (AvgIpc) is 3.52. The van der Waals surface area contributed by atoms with E-state index in [0.29, 0.717) is 44.1 Å². The Labute approximate surface area is 191 Å². The lowest BCUT2D eigenvalue weighted by atomic mass is 9.95. The van der Waals surface area contributed by atoms with E-state index >= 15 is 0 Å². The largest absolute Gasteiger partial charge is 0.352 e. The van der Waals surface area contributed by atoms with Crippen molar-refractivity contribution >= 4 is 22.8 Å². The van der Waals surface area contributed by atoms with E-state index in [1.165, 1.54) is 25.0 Å². The lowest BCUT2D eigenvalue weighted by Gasteiger charge is -2.31. The summed E-state index contributed by atoms with van der Waals surface area (Å²) in [6.07, 6.45) is 5.96. The van der Waals surface area contributed by atoms with Gasteiger partial charge in [0.2, 0.25) is 5.91 Å². The van der Waals surface area contributed by atoms with Gasteiger partial charge in [-0.1, -0.05) is 30.2 Å². The van der Waals surface area contributed by atoms with Crippen LogP contribution in [0.2, 0.25) is 0 Å². The molecule has 1 saturated carbocycles. The summed E-state index contributed by atoms with van der Waals surface area (Å²) in [6, 6.07) is 12.2. The fraction of sp³-hybridized carbons (Fsp3) is 0.440. The number of rotatable bonds is 5. The number of nitrogens with zero attached hydrogens (tertiary/aromatic N) is 4. The summed E-state index contributed by atoms with van der Waals surface area (Å²) in [5, 5.41) is 11.6. The molecular formula is C25H28FN5O2. The Hall–Kier alpha value is -3.29. The number of hydrogen-bond acceptors (Lipinski definition) is 4.